The lowest BCUT2D eigenvalue weighted by molar-refractivity contribution is 0.406. The molecule has 0 spiro atoms. The lowest BCUT2D eigenvalue weighted by Crippen LogP contribution is -2.05. The first-order valence-electron chi connectivity index (χ1n) is 7.13. The van der Waals surface area contributed by atoms with Gasteiger partial charge in [-0.15, -0.1) is 0 Å². The smallest absolute Gasteiger partial charge is 0.208 e. The number of imidazole rings is 1. The van der Waals surface area contributed by atoms with E-state index in [0.29, 0.717) is 17.0 Å². The van der Waals surface area contributed by atoms with Crippen molar-refractivity contribution < 1.29 is 13.5 Å². The number of hydrogen-bond donors (Lipinski definition) is 0. The molecule has 0 bridgehead atoms. The van der Waals surface area contributed by atoms with Gasteiger partial charge in [0.2, 0.25) is 5.28 Å². The van der Waals surface area contributed by atoms with Gasteiger partial charge in [-0.3, -0.25) is 9.55 Å². The third-order valence-electron chi connectivity index (χ3n) is 3.65. The number of nitrogens with zero attached hydrogens (tertiary/aromatic N) is 3. The fraction of sp³-hybridized carbons (Fsp3) is 0.176. The summed E-state index contributed by atoms with van der Waals surface area (Å²) in [7, 11) is 1.34. The average molecular weight is 350 g/mol. The molecule has 0 aliphatic carbocycles. The van der Waals surface area contributed by atoms with Gasteiger partial charge in [0, 0.05) is 29.6 Å². The zero-order valence-corrected chi connectivity index (χ0v) is 14.0. The molecule has 7 heteroatoms. The monoisotopic (exact) mass is 349 g/mol. The van der Waals surface area contributed by atoms with Gasteiger partial charge in [-0.25, -0.2) is 13.8 Å². The zero-order chi connectivity index (χ0) is 17.4. The molecule has 0 saturated carbocycles. The number of aromatic nitrogens is 3. The van der Waals surface area contributed by atoms with Crippen LogP contribution in [0.4, 0.5) is 8.78 Å². The minimum absolute atomic E-state index is 0.0361. The minimum Gasteiger partial charge on any atom is -0.497 e. The molecule has 1 aromatic carbocycles. The number of methoxy groups -OCH3 is 1. The molecule has 2 aromatic heterocycles. The van der Waals surface area contributed by atoms with Crippen LogP contribution in [0.5, 0.6) is 5.75 Å². The Balaban J connectivity index is 2.28. The second-order valence-corrected chi connectivity index (χ2v) is 5.62. The van der Waals surface area contributed by atoms with Crippen molar-refractivity contribution in [1.29, 1.82) is 0 Å². The lowest BCUT2D eigenvalue weighted by Gasteiger charge is -2.13. The van der Waals surface area contributed by atoms with Crippen LogP contribution in [-0.4, -0.2) is 21.6 Å². The van der Waals surface area contributed by atoms with Gasteiger partial charge in [-0.1, -0.05) is 0 Å². The summed E-state index contributed by atoms with van der Waals surface area (Å²) in [6.45, 7) is 3.57. The van der Waals surface area contributed by atoms with E-state index in [-0.39, 0.29) is 16.7 Å². The van der Waals surface area contributed by atoms with Crippen LogP contribution in [0.15, 0.2) is 30.5 Å². The topological polar surface area (TPSA) is 39.9 Å². The standard InChI is InChI=1S/C17H14ClF2N3O/c1-9-4-5-11(8-21-9)15-10(2)22-17(18)23(15)16-13(19)6-12(24-3)7-14(16)20/h4-8H,1-3H3. The molecule has 24 heavy (non-hydrogen) atoms. The molecular formula is C17H14ClF2N3O. The van der Waals surface area contributed by atoms with Crippen molar-refractivity contribution in [2.75, 3.05) is 7.11 Å². The van der Waals surface area contributed by atoms with Crippen LogP contribution in [0.3, 0.4) is 0 Å². The van der Waals surface area contributed by atoms with Crippen molar-refractivity contribution in [1.82, 2.24) is 14.5 Å². The van der Waals surface area contributed by atoms with Crippen LogP contribution < -0.4 is 4.74 Å². The minimum atomic E-state index is -0.799. The summed E-state index contributed by atoms with van der Waals surface area (Å²) in [5.41, 5.74) is 2.20. The summed E-state index contributed by atoms with van der Waals surface area (Å²) in [5, 5.41) is -0.0361. The highest BCUT2D eigenvalue weighted by atomic mass is 35.5. The quantitative estimate of drug-likeness (QED) is 0.699. The van der Waals surface area contributed by atoms with E-state index >= 15 is 0 Å². The molecule has 0 N–H and O–H groups in total. The molecule has 0 fully saturated rings. The molecule has 0 unspecified atom stereocenters. The Bertz CT molecular complexity index is 884. The van der Waals surface area contributed by atoms with Crippen LogP contribution in [-0.2, 0) is 0 Å². The Morgan fingerprint density at radius 2 is 1.79 bits per heavy atom. The number of ether oxygens (including phenoxy) is 1. The Hall–Kier alpha value is -2.47. The molecule has 2 heterocycles. The van der Waals surface area contributed by atoms with Crippen molar-refractivity contribution in [3.8, 4) is 22.7 Å². The van der Waals surface area contributed by atoms with E-state index in [1.807, 2.05) is 6.92 Å². The third kappa shape index (κ3) is 2.73. The first-order chi connectivity index (χ1) is 11.4. The lowest BCUT2D eigenvalue weighted by atomic mass is 10.1. The van der Waals surface area contributed by atoms with Crippen molar-refractivity contribution >= 4 is 11.6 Å². The van der Waals surface area contributed by atoms with Crippen LogP contribution in [0.2, 0.25) is 5.28 Å². The predicted molar refractivity (Wildman–Crippen MR) is 87.7 cm³/mol. The van der Waals surface area contributed by atoms with Crippen LogP contribution in [0, 0.1) is 25.5 Å². The van der Waals surface area contributed by atoms with Crippen LogP contribution in [0.1, 0.15) is 11.4 Å². The highest BCUT2D eigenvalue weighted by Crippen LogP contribution is 2.34. The highest BCUT2D eigenvalue weighted by molar-refractivity contribution is 6.29. The zero-order valence-electron chi connectivity index (χ0n) is 13.3. The molecule has 0 amide bonds. The van der Waals surface area contributed by atoms with E-state index in [2.05, 4.69) is 9.97 Å². The van der Waals surface area contributed by atoms with Gasteiger partial charge in [0.25, 0.3) is 0 Å². The van der Waals surface area contributed by atoms with Crippen molar-refractivity contribution in [2.45, 2.75) is 13.8 Å². The number of aryl methyl sites for hydroxylation is 2. The average Bonchev–Trinajstić information content (AvgIpc) is 2.82. The first kappa shape index (κ1) is 16.4. The normalized spacial score (nSPS) is 10.9. The third-order valence-corrected chi connectivity index (χ3v) is 3.90. The van der Waals surface area contributed by atoms with E-state index < -0.39 is 11.6 Å². The Kier molecular flexibility index (Phi) is 4.24. The maximum atomic E-state index is 14.5. The maximum Gasteiger partial charge on any atom is 0.208 e. The van der Waals surface area contributed by atoms with E-state index in [4.69, 9.17) is 16.3 Å². The number of pyridine rings is 1. The Morgan fingerprint density at radius 1 is 1.12 bits per heavy atom. The molecule has 3 rings (SSSR count). The van der Waals surface area contributed by atoms with Gasteiger partial charge in [-0.05, 0) is 37.6 Å². The second-order valence-electron chi connectivity index (χ2n) is 5.28. The summed E-state index contributed by atoms with van der Waals surface area (Å²) < 4.78 is 35.1. The van der Waals surface area contributed by atoms with Gasteiger partial charge in [0.1, 0.15) is 11.4 Å². The SMILES string of the molecule is COc1cc(F)c(-n2c(Cl)nc(C)c2-c2ccc(C)nc2)c(F)c1. The summed E-state index contributed by atoms with van der Waals surface area (Å²) in [6.07, 6.45) is 1.62. The van der Waals surface area contributed by atoms with Crippen LogP contribution >= 0.6 is 11.6 Å². The summed E-state index contributed by atoms with van der Waals surface area (Å²) >= 11 is 6.15. The van der Waals surface area contributed by atoms with Crippen LogP contribution in [0.25, 0.3) is 16.9 Å². The van der Waals surface area contributed by atoms with E-state index in [1.54, 1.807) is 25.3 Å². The van der Waals surface area contributed by atoms with Crippen molar-refractivity contribution in [3.05, 3.63) is 58.8 Å². The number of halogens is 3. The molecular weight excluding hydrogens is 336 g/mol. The Labute approximate surface area is 142 Å². The number of hydrogen-bond acceptors (Lipinski definition) is 3. The molecule has 0 atom stereocenters. The largest absolute Gasteiger partial charge is 0.497 e. The predicted octanol–water partition coefficient (Wildman–Crippen LogP) is 4.49. The van der Waals surface area contributed by atoms with E-state index in [1.165, 1.54) is 11.7 Å². The molecule has 124 valence electrons. The van der Waals surface area contributed by atoms with Gasteiger partial charge < -0.3 is 4.74 Å². The fourth-order valence-electron chi connectivity index (χ4n) is 2.52. The van der Waals surface area contributed by atoms with Crippen molar-refractivity contribution in [3.63, 3.8) is 0 Å². The molecule has 0 saturated heterocycles. The molecule has 0 aliphatic heterocycles. The first-order valence-corrected chi connectivity index (χ1v) is 7.51. The summed E-state index contributed by atoms with van der Waals surface area (Å²) in [5.74, 6) is -1.51. The Morgan fingerprint density at radius 3 is 2.33 bits per heavy atom. The molecule has 3 aromatic rings. The molecule has 0 radical (unpaired) electrons. The maximum absolute atomic E-state index is 14.5. The van der Waals surface area contributed by atoms with Gasteiger partial charge in [-0.2, -0.15) is 0 Å². The van der Waals surface area contributed by atoms with Crippen molar-refractivity contribution in [2.24, 2.45) is 0 Å². The second kappa shape index (κ2) is 6.20. The highest BCUT2D eigenvalue weighted by Gasteiger charge is 2.23. The van der Waals surface area contributed by atoms with Gasteiger partial charge in [0.05, 0.1) is 18.5 Å². The fourth-order valence-corrected chi connectivity index (χ4v) is 2.81. The number of benzene rings is 1. The molecule has 4 nitrogen and oxygen atoms in total. The number of rotatable bonds is 3. The van der Waals surface area contributed by atoms with E-state index in [9.17, 15) is 8.78 Å². The molecule has 0 aliphatic rings. The van der Waals surface area contributed by atoms with Gasteiger partial charge >= 0.3 is 0 Å². The van der Waals surface area contributed by atoms with Gasteiger partial charge in [0.15, 0.2) is 11.6 Å². The summed E-state index contributed by atoms with van der Waals surface area (Å²) in [4.78, 5) is 8.37. The van der Waals surface area contributed by atoms with E-state index in [0.717, 1.165) is 17.8 Å². The summed E-state index contributed by atoms with van der Waals surface area (Å²) in [6, 6.07) is 5.81.